The first-order chi connectivity index (χ1) is 11.7. The average molecular weight is 329 g/mol. The van der Waals surface area contributed by atoms with E-state index in [0.717, 1.165) is 12.0 Å². The number of para-hydroxylation sites is 1. The van der Waals surface area contributed by atoms with E-state index in [1.807, 2.05) is 36.4 Å². The second-order valence-electron chi connectivity index (χ2n) is 5.18. The number of nitrogens with one attached hydrogen (secondary N) is 1. The minimum atomic E-state index is 0.0139. The molecule has 2 aromatic carbocycles. The number of carbonyl (C=O) groups is 1. The van der Waals surface area contributed by atoms with Gasteiger partial charge in [0.15, 0.2) is 11.5 Å². The molecule has 0 atom stereocenters. The Bertz CT molecular complexity index is 643. The summed E-state index contributed by atoms with van der Waals surface area (Å²) < 4.78 is 16.2. The lowest BCUT2D eigenvalue weighted by Gasteiger charge is -2.13. The molecule has 0 spiro atoms. The maximum absolute atomic E-state index is 11.8. The number of carbonyl (C=O) groups excluding carboxylic acids is 1. The van der Waals surface area contributed by atoms with Crippen LogP contribution in [0.5, 0.6) is 17.2 Å². The summed E-state index contributed by atoms with van der Waals surface area (Å²) >= 11 is 0. The normalized spacial score (nSPS) is 10.1. The number of hydrogen-bond acceptors (Lipinski definition) is 4. The van der Waals surface area contributed by atoms with Crippen LogP contribution in [0.4, 0.5) is 0 Å². The second kappa shape index (κ2) is 9.45. The van der Waals surface area contributed by atoms with Crippen LogP contribution in [0.15, 0.2) is 48.5 Å². The van der Waals surface area contributed by atoms with Crippen molar-refractivity contribution in [3.8, 4) is 17.2 Å². The van der Waals surface area contributed by atoms with Gasteiger partial charge in [0, 0.05) is 6.42 Å². The van der Waals surface area contributed by atoms with Crippen molar-refractivity contribution < 1.29 is 19.0 Å². The summed E-state index contributed by atoms with van der Waals surface area (Å²) in [6, 6.07) is 15.4. The van der Waals surface area contributed by atoms with Gasteiger partial charge in [0.1, 0.15) is 6.61 Å². The van der Waals surface area contributed by atoms with Crippen molar-refractivity contribution >= 4 is 5.91 Å². The summed E-state index contributed by atoms with van der Waals surface area (Å²) in [4.78, 5) is 11.8. The first-order valence-electron chi connectivity index (χ1n) is 7.89. The van der Waals surface area contributed by atoms with Crippen LogP contribution in [-0.4, -0.2) is 33.3 Å². The highest BCUT2D eigenvalue weighted by atomic mass is 16.5. The molecule has 0 heterocycles. The zero-order valence-corrected chi connectivity index (χ0v) is 14.1. The van der Waals surface area contributed by atoms with Crippen molar-refractivity contribution in [1.82, 2.24) is 5.32 Å². The van der Waals surface area contributed by atoms with E-state index in [0.29, 0.717) is 36.8 Å². The number of amides is 1. The summed E-state index contributed by atoms with van der Waals surface area (Å²) in [6.07, 6.45) is 1.20. The van der Waals surface area contributed by atoms with Gasteiger partial charge in [-0.3, -0.25) is 4.79 Å². The van der Waals surface area contributed by atoms with Crippen LogP contribution < -0.4 is 19.5 Å². The lowest BCUT2D eigenvalue weighted by atomic mass is 10.1. The van der Waals surface area contributed by atoms with Gasteiger partial charge in [0.25, 0.3) is 0 Å². The fourth-order valence-corrected chi connectivity index (χ4v) is 2.31. The molecule has 24 heavy (non-hydrogen) atoms. The minimum Gasteiger partial charge on any atom is -0.493 e. The van der Waals surface area contributed by atoms with Crippen molar-refractivity contribution in [2.75, 3.05) is 27.4 Å². The van der Waals surface area contributed by atoms with Gasteiger partial charge >= 0.3 is 0 Å². The molecule has 0 aromatic heterocycles. The fraction of sp³-hybridized carbons (Fsp3) is 0.316. The van der Waals surface area contributed by atoms with Gasteiger partial charge in [-0.05, 0) is 24.1 Å². The predicted molar refractivity (Wildman–Crippen MR) is 92.8 cm³/mol. The first-order valence-corrected chi connectivity index (χ1v) is 7.89. The molecule has 0 radical (unpaired) electrons. The molecule has 0 fully saturated rings. The van der Waals surface area contributed by atoms with E-state index < -0.39 is 0 Å². The molecular formula is C19H23NO4. The SMILES string of the molecule is COc1cccc(OCCNC(=O)CCc2ccccc2)c1OC. The third-order valence-corrected chi connectivity index (χ3v) is 3.53. The third kappa shape index (κ3) is 5.19. The molecule has 2 aromatic rings. The van der Waals surface area contributed by atoms with E-state index in [-0.39, 0.29) is 5.91 Å². The lowest BCUT2D eigenvalue weighted by Crippen LogP contribution is -2.28. The molecule has 0 unspecified atom stereocenters. The number of benzene rings is 2. The van der Waals surface area contributed by atoms with E-state index in [4.69, 9.17) is 14.2 Å². The van der Waals surface area contributed by atoms with E-state index in [9.17, 15) is 4.79 Å². The number of methoxy groups -OCH3 is 2. The van der Waals surface area contributed by atoms with Gasteiger partial charge in [-0.15, -0.1) is 0 Å². The maximum Gasteiger partial charge on any atom is 0.220 e. The van der Waals surface area contributed by atoms with Gasteiger partial charge in [0.2, 0.25) is 11.7 Å². The molecule has 1 N–H and O–H groups in total. The molecule has 5 nitrogen and oxygen atoms in total. The van der Waals surface area contributed by atoms with Crippen LogP contribution >= 0.6 is 0 Å². The monoisotopic (exact) mass is 329 g/mol. The summed E-state index contributed by atoms with van der Waals surface area (Å²) in [6.45, 7) is 0.800. The molecular weight excluding hydrogens is 306 g/mol. The van der Waals surface area contributed by atoms with Crippen LogP contribution in [0.3, 0.4) is 0 Å². The van der Waals surface area contributed by atoms with Crippen molar-refractivity contribution in [2.45, 2.75) is 12.8 Å². The smallest absolute Gasteiger partial charge is 0.220 e. The maximum atomic E-state index is 11.8. The Hall–Kier alpha value is -2.69. The lowest BCUT2D eigenvalue weighted by molar-refractivity contribution is -0.121. The molecule has 5 heteroatoms. The molecule has 0 aliphatic heterocycles. The van der Waals surface area contributed by atoms with Crippen LogP contribution in [0.1, 0.15) is 12.0 Å². The highest BCUT2D eigenvalue weighted by Gasteiger charge is 2.10. The molecule has 0 saturated carbocycles. The molecule has 128 valence electrons. The molecule has 0 aliphatic rings. The summed E-state index contributed by atoms with van der Waals surface area (Å²) in [5.41, 5.74) is 1.16. The van der Waals surface area contributed by atoms with Crippen molar-refractivity contribution in [1.29, 1.82) is 0 Å². The van der Waals surface area contributed by atoms with E-state index in [1.54, 1.807) is 26.4 Å². The predicted octanol–water partition coefficient (Wildman–Crippen LogP) is 2.83. The zero-order valence-electron chi connectivity index (χ0n) is 14.1. The Balaban J connectivity index is 1.72. The Kier molecular flexibility index (Phi) is 6.95. The first kappa shape index (κ1) is 17.7. The zero-order chi connectivity index (χ0) is 17.2. The van der Waals surface area contributed by atoms with Crippen LogP contribution in [0, 0.1) is 0 Å². The standard InChI is InChI=1S/C19H23NO4/c1-22-16-9-6-10-17(19(16)23-2)24-14-13-20-18(21)12-11-15-7-4-3-5-8-15/h3-10H,11-14H2,1-2H3,(H,20,21). The quantitative estimate of drug-likeness (QED) is 0.719. The fourth-order valence-electron chi connectivity index (χ4n) is 2.31. The van der Waals surface area contributed by atoms with Crippen molar-refractivity contribution in [2.24, 2.45) is 0 Å². The topological polar surface area (TPSA) is 56.8 Å². The molecule has 0 saturated heterocycles. The molecule has 0 bridgehead atoms. The molecule has 0 aliphatic carbocycles. The van der Waals surface area contributed by atoms with Crippen LogP contribution in [0.2, 0.25) is 0 Å². The highest BCUT2D eigenvalue weighted by Crippen LogP contribution is 2.36. The summed E-state index contributed by atoms with van der Waals surface area (Å²) in [7, 11) is 3.14. The Morgan fingerprint density at radius 2 is 1.71 bits per heavy atom. The summed E-state index contributed by atoms with van der Waals surface area (Å²) in [5, 5.41) is 2.85. The van der Waals surface area contributed by atoms with Crippen LogP contribution in [-0.2, 0) is 11.2 Å². The second-order valence-corrected chi connectivity index (χ2v) is 5.18. The average Bonchev–Trinajstić information content (AvgIpc) is 2.64. The van der Waals surface area contributed by atoms with E-state index >= 15 is 0 Å². The number of rotatable bonds is 9. The van der Waals surface area contributed by atoms with Gasteiger partial charge in [0.05, 0.1) is 20.8 Å². The third-order valence-electron chi connectivity index (χ3n) is 3.53. The number of ether oxygens (including phenoxy) is 3. The van der Waals surface area contributed by atoms with E-state index in [2.05, 4.69) is 5.32 Å². The van der Waals surface area contributed by atoms with Gasteiger partial charge in [-0.1, -0.05) is 36.4 Å². The molecule has 1 amide bonds. The minimum absolute atomic E-state index is 0.0139. The highest BCUT2D eigenvalue weighted by molar-refractivity contribution is 5.76. The summed E-state index contributed by atoms with van der Waals surface area (Å²) in [5.74, 6) is 1.77. The largest absolute Gasteiger partial charge is 0.493 e. The number of hydrogen-bond donors (Lipinski definition) is 1. The van der Waals surface area contributed by atoms with Crippen molar-refractivity contribution in [3.05, 3.63) is 54.1 Å². The number of aryl methyl sites for hydroxylation is 1. The van der Waals surface area contributed by atoms with Crippen LogP contribution in [0.25, 0.3) is 0 Å². The van der Waals surface area contributed by atoms with Gasteiger partial charge in [-0.2, -0.15) is 0 Å². The van der Waals surface area contributed by atoms with Gasteiger partial charge in [-0.25, -0.2) is 0 Å². The molecule has 2 rings (SSSR count). The van der Waals surface area contributed by atoms with Gasteiger partial charge < -0.3 is 19.5 Å². The van der Waals surface area contributed by atoms with Crippen molar-refractivity contribution in [3.63, 3.8) is 0 Å². The Morgan fingerprint density at radius 3 is 2.42 bits per heavy atom. The Labute approximate surface area is 142 Å². The Morgan fingerprint density at radius 1 is 0.958 bits per heavy atom. The van der Waals surface area contributed by atoms with E-state index in [1.165, 1.54) is 0 Å².